The Kier molecular flexibility index (Phi) is 3.33. The normalized spacial score (nSPS) is 9.47. The summed E-state index contributed by atoms with van der Waals surface area (Å²) in [6, 6.07) is 5.32. The van der Waals surface area contributed by atoms with Crippen LogP contribution in [0.15, 0.2) is 24.4 Å². The molecule has 15 heavy (non-hydrogen) atoms. The molecule has 0 spiro atoms. The van der Waals surface area contributed by atoms with E-state index in [0.29, 0.717) is 5.75 Å². The quantitative estimate of drug-likeness (QED) is 0.620. The van der Waals surface area contributed by atoms with Gasteiger partial charge in [-0.05, 0) is 30.7 Å². The molecule has 1 aromatic carbocycles. The zero-order valence-corrected chi connectivity index (χ0v) is 8.61. The number of hydrogen-bond donors (Lipinski definition) is 3. The maximum atomic E-state index is 9.16. The molecule has 2 aromatic rings. The number of nitrogens with one attached hydrogen (secondary N) is 1. The minimum Gasteiger partial charge on any atom is -0.508 e. The van der Waals surface area contributed by atoms with Crippen LogP contribution in [0.2, 0.25) is 0 Å². The van der Waals surface area contributed by atoms with E-state index in [1.807, 2.05) is 19.2 Å². The highest BCUT2D eigenvalue weighted by Gasteiger charge is 1.98. The summed E-state index contributed by atoms with van der Waals surface area (Å²) in [6.45, 7) is 3.10. The third kappa shape index (κ3) is 3.02. The van der Waals surface area contributed by atoms with Gasteiger partial charge in [0.2, 0.25) is 0 Å². The first kappa shape index (κ1) is 11.1. The molecule has 0 fully saturated rings. The molecular formula is C11H13NO3. The topological polar surface area (TPSA) is 73.3 Å². The Labute approximate surface area is 87.2 Å². The van der Waals surface area contributed by atoms with Gasteiger partial charge in [0.1, 0.15) is 5.75 Å². The zero-order chi connectivity index (χ0) is 11.4. The number of aliphatic carboxylic acids is 1. The number of fused-ring (bicyclic) bond motifs is 1. The first-order chi connectivity index (χ1) is 7.00. The Bertz CT molecular complexity index is 470. The van der Waals surface area contributed by atoms with E-state index in [9.17, 15) is 0 Å². The van der Waals surface area contributed by atoms with Gasteiger partial charge in [0, 0.05) is 24.0 Å². The van der Waals surface area contributed by atoms with Crippen LogP contribution in [0, 0.1) is 6.92 Å². The van der Waals surface area contributed by atoms with Crippen LogP contribution < -0.4 is 0 Å². The second kappa shape index (κ2) is 4.50. The van der Waals surface area contributed by atoms with Gasteiger partial charge in [0.15, 0.2) is 0 Å². The summed E-state index contributed by atoms with van der Waals surface area (Å²) in [5, 5.41) is 17.7. The number of benzene rings is 1. The first-order valence-corrected chi connectivity index (χ1v) is 4.47. The minimum absolute atomic E-state index is 0.320. The largest absolute Gasteiger partial charge is 0.508 e. The molecule has 0 amide bonds. The first-order valence-electron chi connectivity index (χ1n) is 4.47. The molecule has 0 aliphatic carbocycles. The van der Waals surface area contributed by atoms with Crippen molar-refractivity contribution >= 4 is 16.9 Å². The molecule has 0 atom stereocenters. The lowest BCUT2D eigenvalue weighted by atomic mass is 10.2. The number of carboxylic acids is 1. The molecule has 0 aliphatic rings. The number of hydrogen-bond acceptors (Lipinski definition) is 2. The molecule has 2 rings (SSSR count). The van der Waals surface area contributed by atoms with Crippen LogP contribution in [0.25, 0.3) is 10.9 Å². The van der Waals surface area contributed by atoms with Gasteiger partial charge < -0.3 is 15.2 Å². The summed E-state index contributed by atoms with van der Waals surface area (Å²) in [5.41, 5.74) is 2.23. The van der Waals surface area contributed by atoms with Crippen molar-refractivity contribution in [3.05, 3.63) is 30.0 Å². The van der Waals surface area contributed by atoms with E-state index in [2.05, 4.69) is 4.98 Å². The van der Waals surface area contributed by atoms with Crippen LogP contribution >= 0.6 is 0 Å². The highest BCUT2D eigenvalue weighted by molar-refractivity contribution is 5.84. The summed E-state index contributed by atoms with van der Waals surface area (Å²) >= 11 is 0. The van der Waals surface area contributed by atoms with E-state index in [-0.39, 0.29) is 0 Å². The summed E-state index contributed by atoms with van der Waals surface area (Å²) in [4.78, 5) is 12.1. The number of aromatic amines is 1. The van der Waals surface area contributed by atoms with Crippen LogP contribution in [-0.2, 0) is 4.79 Å². The van der Waals surface area contributed by atoms with Gasteiger partial charge in [-0.1, -0.05) is 0 Å². The summed E-state index contributed by atoms with van der Waals surface area (Å²) in [7, 11) is 0. The molecule has 4 heteroatoms. The van der Waals surface area contributed by atoms with Crippen molar-refractivity contribution in [3.63, 3.8) is 0 Å². The van der Waals surface area contributed by atoms with Crippen molar-refractivity contribution in [2.45, 2.75) is 13.8 Å². The Hall–Kier alpha value is -1.97. The molecule has 1 aromatic heterocycles. The molecule has 80 valence electrons. The Balaban J connectivity index is 0.000000245. The number of aromatic nitrogens is 1. The van der Waals surface area contributed by atoms with Crippen LogP contribution in [0.4, 0.5) is 0 Å². The predicted molar refractivity (Wildman–Crippen MR) is 58.0 cm³/mol. The number of H-pyrrole nitrogens is 1. The van der Waals surface area contributed by atoms with Crippen LogP contribution in [0.1, 0.15) is 12.5 Å². The van der Waals surface area contributed by atoms with E-state index in [4.69, 9.17) is 15.0 Å². The zero-order valence-electron chi connectivity index (χ0n) is 8.61. The number of carbonyl (C=O) groups is 1. The maximum absolute atomic E-state index is 9.16. The molecule has 3 N–H and O–H groups in total. The second-order valence-corrected chi connectivity index (χ2v) is 3.22. The summed E-state index contributed by atoms with van der Waals surface area (Å²) in [5.74, 6) is -0.514. The third-order valence-electron chi connectivity index (χ3n) is 1.87. The van der Waals surface area contributed by atoms with Gasteiger partial charge >= 0.3 is 0 Å². The average molecular weight is 207 g/mol. The van der Waals surface area contributed by atoms with E-state index < -0.39 is 5.97 Å². The monoisotopic (exact) mass is 207 g/mol. The Morgan fingerprint density at radius 2 is 2.00 bits per heavy atom. The van der Waals surface area contributed by atoms with Crippen LogP contribution in [0.3, 0.4) is 0 Å². The number of phenols is 1. The fraction of sp³-hybridized carbons (Fsp3) is 0.182. The van der Waals surface area contributed by atoms with Gasteiger partial charge in [-0.3, -0.25) is 4.79 Å². The lowest BCUT2D eigenvalue weighted by Crippen LogP contribution is -1.78. The molecule has 0 aliphatic heterocycles. The molecule has 0 radical (unpaired) electrons. The fourth-order valence-corrected chi connectivity index (χ4v) is 1.25. The van der Waals surface area contributed by atoms with Crippen LogP contribution in [0.5, 0.6) is 5.75 Å². The van der Waals surface area contributed by atoms with Crippen molar-refractivity contribution in [3.8, 4) is 5.75 Å². The fourth-order valence-electron chi connectivity index (χ4n) is 1.25. The number of phenolic OH excluding ortho intramolecular Hbond substituents is 1. The number of aryl methyl sites for hydroxylation is 1. The van der Waals surface area contributed by atoms with Crippen molar-refractivity contribution < 1.29 is 15.0 Å². The SMILES string of the molecule is CC(=O)O.Cc1c[nH]c2ccc(O)cc12. The van der Waals surface area contributed by atoms with Gasteiger partial charge in [-0.15, -0.1) is 0 Å². The van der Waals surface area contributed by atoms with E-state index in [0.717, 1.165) is 23.4 Å². The number of rotatable bonds is 0. The smallest absolute Gasteiger partial charge is 0.300 e. The maximum Gasteiger partial charge on any atom is 0.300 e. The second-order valence-electron chi connectivity index (χ2n) is 3.22. The number of carboxylic acid groups (broad SMARTS) is 1. The van der Waals surface area contributed by atoms with E-state index in [1.54, 1.807) is 12.1 Å². The van der Waals surface area contributed by atoms with Gasteiger partial charge in [-0.25, -0.2) is 0 Å². The van der Waals surface area contributed by atoms with Crippen molar-refractivity contribution in [2.75, 3.05) is 0 Å². The average Bonchev–Trinajstić information content (AvgIpc) is 2.47. The molecule has 1 heterocycles. The molecular weight excluding hydrogens is 194 g/mol. The molecule has 0 saturated heterocycles. The van der Waals surface area contributed by atoms with Crippen molar-refractivity contribution in [1.82, 2.24) is 4.98 Å². The molecule has 0 unspecified atom stereocenters. The highest BCUT2D eigenvalue weighted by atomic mass is 16.4. The number of aromatic hydroxyl groups is 1. The Morgan fingerprint density at radius 3 is 2.60 bits per heavy atom. The van der Waals surface area contributed by atoms with E-state index >= 15 is 0 Å². The van der Waals surface area contributed by atoms with Crippen molar-refractivity contribution in [2.24, 2.45) is 0 Å². The van der Waals surface area contributed by atoms with Crippen LogP contribution in [-0.4, -0.2) is 21.2 Å². The molecule has 0 saturated carbocycles. The summed E-state index contributed by atoms with van der Waals surface area (Å²) in [6.07, 6.45) is 1.93. The predicted octanol–water partition coefficient (Wildman–Crippen LogP) is 2.27. The third-order valence-corrected chi connectivity index (χ3v) is 1.87. The van der Waals surface area contributed by atoms with Gasteiger partial charge in [0.25, 0.3) is 5.97 Å². The van der Waals surface area contributed by atoms with Gasteiger partial charge in [-0.2, -0.15) is 0 Å². The molecule has 0 bridgehead atoms. The highest BCUT2D eigenvalue weighted by Crippen LogP contribution is 2.21. The Morgan fingerprint density at radius 1 is 1.40 bits per heavy atom. The standard InChI is InChI=1S/C9H9NO.C2H4O2/c1-6-5-10-9-3-2-7(11)4-8(6)9;1-2(3)4/h2-5,10-11H,1H3;1H3,(H,3,4). The lowest BCUT2D eigenvalue weighted by Gasteiger charge is -1.92. The van der Waals surface area contributed by atoms with Gasteiger partial charge in [0.05, 0.1) is 0 Å². The minimum atomic E-state index is -0.833. The lowest BCUT2D eigenvalue weighted by molar-refractivity contribution is -0.134. The summed E-state index contributed by atoms with van der Waals surface area (Å²) < 4.78 is 0. The van der Waals surface area contributed by atoms with E-state index in [1.165, 1.54) is 0 Å². The molecule has 4 nitrogen and oxygen atoms in total. The van der Waals surface area contributed by atoms with Crippen molar-refractivity contribution in [1.29, 1.82) is 0 Å².